The molecular formula is C10H11ClN4. The molecule has 4 nitrogen and oxygen atoms in total. The summed E-state index contributed by atoms with van der Waals surface area (Å²) in [5.41, 5.74) is 7.36. The van der Waals surface area contributed by atoms with Crippen LogP contribution in [0.25, 0.3) is 5.52 Å². The fourth-order valence-corrected chi connectivity index (χ4v) is 2.19. The molecule has 15 heavy (non-hydrogen) atoms. The van der Waals surface area contributed by atoms with Crippen LogP contribution < -0.4 is 11.1 Å². The van der Waals surface area contributed by atoms with E-state index >= 15 is 0 Å². The number of hydrogen-bond acceptors (Lipinski definition) is 3. The van der Waals surface area contributed by atoms with Gasteiger partial charge in [-0.15, -0.1) is 0 Å². The van der Waals surface area contributed by atoms with Gasteiger partial charge >= 0.3 is 0 Å². The molecule has 0 amide bonds. The normalized spacial score (nSPS) is 16.9. The Kier molecular flexibility index (Phi) is 1.87. The van der Waals surface area contributed by atoms with Crippen molar-refractivity contribution in [2.24, 2.45) is 0 Å². The van der Waals surface area contributed by atoms with Gasteiger partial charge in [0.25, 0.3) is 0 Å². The predicted molar refractivity (Wildman–Crippen MR) is 60.2 cm³/mol. The molecule has 0 radical (unpaired) electrons. The largest absolute Gasteiger partial charge is 0.397 e. The van der Waals surface area contributed by atoms with Gasteiger partial charge < -0.3 is 15.5 Å². The van der Waals surface area contributed by atoms with Crippen LogP contribution in [-0.4, -0.2) is 22.5 Å². The highest BCUT2D eigenvalue weighted by atomic mass is 35.5. The number of halogens is 1. The molecule has 0 spiro atoms. The molecule has 2 aromatic heterocycles. The second-order valence-corrected chi connectivity index (χ2v) is 4.16. The summed E-state index contributed by atoms with van der Waals surface area (Å²) in [6, 6.07) is 3.75. The molecule has 1 aliphatic rings. The number of nitrogens with zero attached hydrogens (tertiary/aromatic N) is 2. The molecule has 3 N–H and O–H groups in total. The summed E-state index contributed by atoms with van der Waals surface area (Å²) in [7, 11) is 0. The number of imidazole rings is 1. The van der Waals surface area contributed by atoms with E-state index in [0.29, 0.717) is 16.8 Å². The molecule has 5 heteroatoms. The molecule has 1 saturated heterocycles. The van der Waals surface area contributed by atoms with Crippen molar-refractivity contribution in [3.63, 3.8) is 0 Å². The second kappa shape index (κ2) is 3.12. The van der Waals surface area contributed by atoms with Crippen molar-refractivity contribution in [3.8, 4) is 0 Å². The highest BCUT2D eigenvalue weighted by Gasteiger charge is 2.25. The van der Waals surface area contributed by atoms with Gasteiger partial charge in [-0.25, -0.2) is 4.98 Å². The number of nitrogen functional groups attached to an aromatic ring is 1. The van der Waals surface area contributed by atoms with Crippen LogP contribution >= 0.6 is 11.6 Å². The topological polar surface area (TPSA) is 55.4 Å². The van der Waals surface area contributed by atoms with E-state index in [4.69, 9.17) is 17.3 Å². The van der Waals surface area contributed by atoms with Crippen molar-refractivity contribution < 1.29 is 0 Å². The lowest BCUT2D eigenvalue weighted by molar-refractivity contribution is 0.429. The molecule has 78 valence electrons. The van der Waals surface area contributed by atoms with Crippen molar-refractivity contribution in [2.45, 2.75) is 5.92 Å². The van der Waals surface area contributed by atoms with Crippen molar-refractivity contribution in [3.05, 3.63) is 29.3 Å². The van der Waals surface area contributed by atoms with Gasteiger partial charge in [-0.05, 0) is 12.1 Å². The zero-order valence-electron chi connectivity index (χ0n) is 8.07. The smallest absolute Gasteiger partial charge is 0.157 e. The highest BCUT2D eigenvalue weighted by Crippen LogP contribution is 2.28. The lowest BCUT2D eigenvalue weighted by Crippen LogP contribution is -2.40. The average Bonchev–Trinajstić information content (AvgIpc) is 2.43. The third kappa shape index (κ3) is 1.22. The first-order chi connectivity index (χ1) is 7.27. The highest BCUT2D eigenvalue weighted by molar-refractivity contribution is 6.33. The lowest BCUT2D eigenvalue weighted by atomic mass is 10.0. The lowest BCUT2D eigenvalue weighted by Gasteiger charge is -2.25. The number of pyridine rings is 1. The van der Waals surface area contributed by atoms with E-state index in [1.807, 2.05) is 22.7 Å². The minimum absolute atomic E-state index is 0.451. The Labute approximate surface area is 92.1 Å². The molecule has 0 bridgehead atoms. The maximum Gasteiger partial charge on any atom is 0.157 e. The van der Waals surface area contributed by atoms with E-state index in [0.717, 1.165) is 24.4 Å². The van der Waals surface area contributed by atoms with Gasteiger partial charge in [0.05, 0.1) is 5.69 Å². The molecule has 0 aliphatic carbocycles. The van der Waals surface area contributed by atoms with Crippen LogP contribution in [0.2, 0.25) is 5.15 Å². The van der Waals surface area contributed by atoms with E-state index in [9.17, 15) is 0 Å². The van der Waals surface area contributed by atoms with Gasteiger partial charge in [-0.3, -0.25) is 0 Å². The molecule has 0 atom stereocenters. The molecule has 3 rings (SSSR count). The van der Waals surface area contributed by atoms with E-state index in [1.54, 1.807) is 0 Å². The minimum atomic E-state index is 0.451. The standard InChI is InChI=1S/C10H11ClN4/c11-9-8-7(12)2-1-3-15(8)10(14-9)6-4-13-5-6/h1-3,6,13H,4-5,12H2. The fourth-order valence-electron chi connectivity index (χ4n) is 1.90. The molecule has 1 fully saturated rings. The van der Waals surface area contributed by atoms with Gasteiger partial charge in [-0.2, -0.15) is 0 Å². The maximum atomic E-state index is 6.08. The van der Waals surface area contributed by atoms with Crippen LogP contribution in [0.1, 0.15) is 11.7 Å². The molecule has 2 aromatic rings. The third-order valence-electron chi connectivity index (χ3n) is 2.83. The quantitative estimate of drug-likeness (QED) is 0.764. The monoisotopic (exact) mass is 222 g/mol. The molecule has 0 saturated carbocycles. The third-order valence-corrected chi connectivity index (χ3v) is 3.09. The van der Waals surface area contributed by atoms with E-state index < -0.39 is 0 Å². The van der Waals surface area contributed by atoms with Crippen LogP contribution in [0.4, 0.5) is 5.69 Å². The number of rotatable bonds is 1. The van der Waals surface area contributed by atoms with Gasteiger partial charge in [0.2, 0.25) is 0 Å². The Morgan fingerprint density at radius 1 is 1.53 bits per heavy atom. The zero-order valence-corrected chi connectivity index (χ0v) is 8.83. The van der Waals surface area contributed by atoms with Gasteiger partial charge in [0.1, 0.15) is 11.3 Å². The van der Waals surface area contributed by atoms with E-state index in [-0.39, 0.29) is 0 Å². The number of nitrogens with two attached hydrogens (primary N) is 1. The van der Waals surface area contributed by atoms with Crippen LogP contribution in [0.3, 0.4) is 0 Å². The first-order valence-corrected chi connectivity index (χ1v) is 5.28. The summed E-state index contributed by atoms with van der Waals surface area (Å²) in [6.45, 7) is 1.93. The number of aromatic nitrogens is 2. The van der Waals surface area contributed by atoms with Crippen LogP contribution in [0, 0.1) is 0 Å². The molecule has 3 heterocycles. The van der Waals surface area contributed by atoms with Gasteiger partial charge in [-0.1, -0.05) is 11.6 Å². The van der Waals surface area contributed by atoms with Gasteiger partial charge in [0.15, 0.2) is 5.15 Å². The second-order valence-electron chi connectivity index (χ2n) is 3.80. The summed E-state index contributed by atoms with van der Waals surface area (Å²) in [6.07, 6.45) is 1.96. The number of hydrogen-bond donors (Lipinski definition) is 2. The minimum Gasteiger partial charge on any atom is -0.397 e. The Hall–Kier alpha value is -1.26. The van der Waals surface area contributed by atoms with Crippen LogP contribution in [0.5, 0.6) is 0 Å². The summed E-state index contributed by atoms with van der Waals surface area (Å²) < 4.78 is 1.99. The van der Waals surface area contributed by atoms with Crippen molar-refractivity contribution in [2.75, 3.05) is 18.8 Å². The van der Waals surface area contributed by atoms with Gasteiger partial charge in [0, 0.05) is 25.2 Å². The molecule has 0 unspecified atom stereocenters. The van der Waals surface area contributed by atoms with Crippen LogP contribution in [-0.2, 0) is 0 Å². The van der Waals surface area contributed by atoms with E-state index in [2.05, 4.69) is 10.3 Å². The Morgan fingerprint density at radius 2 is 2.33 bits per heavy atom. The number of anilines is 1. The SMILES string of the molecule is Nc1cccn2c(C3CNC3)nc(Cl)c12. The Balaban J connectivity index is 2.27. The Morgan fingerprint density at radius 3 is 3.00 bits per heavy atom. The first-order valence-electron chi connectivity index (χ1n) is 4.90. The number of nitrogens with one attached hydrogen (secondary N) is 1. The van der Waals surface area contributed by atoms with Crippen molar-refractivity contribution in [1.82, 2.24) is 14.7 Å². The Bertz CT molecular complexity index is 515. The van der Waals surface area contributed by atoms with Crippen molar-refractivity contribution in [1.29, 1.82) is 0 Å². The molecule has 0 aromatic carbocycles. The molecule has 1 aliphatic heterocycles. The summed E-state index contributed by atoms with van der Waals surface area (Å²) in [5, 5.41) is 3.72. The summed E-state index contributed by atoms with van der Waals surface area (Å²) >= 11 is 6.08. The zero-order chi connectivity index (χ0) is 10.4. The molecular weight excluding hydrogens is 212 g/mol. The van der Waals surface area contributed by atoms with Crippen molar-refractivity contribution >= 4 is 22.8 Å². The fraction of sp³-hybridized carbons (Fsp3) is 0.300. The summed E-state index contributed by atoms with van der Waals surface area (Å²) in [4.78, 5) is 4.38. The maximum absolute atomic E-state index is 6.08. The van der Waals surface area contributed by atoms with E-state index in [1.165, 1.54) is 0 Å². The van der Waals surface area contributed by atoms with Crippen LogP contribution in [0.15, 0.2) is 18.3 Å². The first kappa shape index (κ1) is 9.00. The summed E-state index contributed by atoms with van der Waals surface area (Å²) in [5.74, 6) is 1.45. The average molecular weight is 223 g/mol. The number of fused-ring (bicyclic) bond motifs is 1. The predicted octanol–water partition coefficient (Wildman–Crippen LogP) is 1.26.